The highest BCUT2D eigenvalue weighted by molar-refractivity contribution is 5.82. The van der Waals surface area contributed by atoms with Crippen LogP contribution in [0.15, 0.2) is 12.3 Å². The van der Waals surface area contributed by atoms with Gasteiger partial charge in [-0.2, -0.15) is 0 Å². The minimum absolute atomic E-state index is 0.254. The molecule has 0 radical (unpaired) electrons. The van der Waals surface area contributed by atoms with Crippen molar-refractivity contribution in [1.82, 2.24) is 4.90 Å². The van der Waals surface area contributed by atoms with E-state index < -0.39 is 36.2 Å². The van der Waals surface area contributed by atoms with Gasteiger partial charge in [-0.3, -0.25) is 4.90 Å². The molecule has 0 spiro atoms. The van der Waals surface area contributed by atoms with E-state index >= 15 is 0 Å². The summed E-state index contributed by atoms with van der Waals surface area (Å²) in [6, 6.07) is -1.51. The van der Waals surface area contributed by atoms with Crippen molar-refractivity contribution >= 4 is 18.0 Å². The van der Waals surface area contributed by atoms with E-state index in [0.717, 1.165) is 11.0 Å². The number of nitrogens with zero attached hydrogens (tertiary/aromatic N) is 1. The lowest BCUT2D eigenvalue weighted by Crippen LogP contribution is -2.53. The van der Waals surface area contributed by atoms with Crippen molar-refractivity contribution in [1.29, 1.82) is 0 Å². The topological polar surface area (TPSA) is 113 Å². The van der Waals surface area contributed by atoms with Crippen LogP contribution in [0.1, 0.15) is 19.8 Å². The fourth-order valence-electron chi connectivity index (χ4n) is 3.11. The first kappa shape index (κ1) is 15.1. The number of carbonyl (C=O) groups is 3. The van der Waals surface area contributed by atoms with E-state index in [1.165, 1.54) is 6.26 Å². The summed E-state index contributed by atoms with van der Waals surface area (Å²) in [5, 5.41) is 18.3. The molecule has 2 aliphatic rings. The molecule has 2 rings (SSSR count). The summed E-state index contributed by atoms with van der Waals surface area (Å²) in [5.41, 5.74) is 0. The van der Waals surface area contributed by atoms with Crippen LogP contribution < -0.4 is 0 Å². The number of hydrogen-bond donors (Lipinski definition) is 2. The number of fused-ring (bicyclic) bond motifs is 2. The smallest absolute Gasteiger partial charge is 0.408 e. The van der Waals surface area contributed by atoms with Gasteiger partial charge in [0.1, 0.15) is 12.1 Å². The number of aliphatic carboxylic acids is 1. The summed E-state index contributed by atoms with van der Waals surface area (Å²) >= 11 is 0. The Hall–Kier alpha value is -2.25. The number of likely N-dealkylation sites (tertiary alicyclic amines) is 1. The van der Waals surface area contributed by atoms with Crippen LogP contribution in [-0.4, -0.2) is 57.9 Å². The molecule has 1 amide bonds. The number of esters is 1. The standard InChI is InChI=1S/C13H17NO7/c1-2-20-10(15)3-4-21-9-6-7-5-8(9)14(13(18)19)11(7)12(16)17/h3-4,7-9,11H,2,5-6H2,1H3,(H,16,17)(H,18,19)/t7-,8+,9+,11-/m0/s1. The van der Waals surface area contributed by atoms with Gasteiger partial charge in [0.05, 0.1) is 25.0 Å². The molecule has 8 nitrogen and oxygen atoms in total. The lowest BCUT2D eigenvalue weighted by atomic mass is 9.98. The molecule has 2 N–H and O–H groups in total. The van der Waals surface area contributed by atoms with E-state index in [1.807, 2.05) is 0 Å². The number of carboxylic acid groups (broad SMARTS) is 2. The number of ether oxygens (including phenoxy) is 2. The van der Waals surface area contributed by atoms with Gasteiger partial charge in [0.15, 0.2) is 0 Å². The molecule has 4 atom stereocenters. The minimum Gasteiger partial charge on any atom is -0.496 e. The van der Waals surface area contributed by atoms with Crippen LogP contribution in [0.2, 0.25) is 0 Å². The minimum atomic E-state index is -1.27. The van der Waals surface area contributed by atoms with Gasteiger partial charge in [-0.1, -0.05) is 0 Å². The zero-order valence-electron chi connectivity index (χ0n) is 11.5. The number of piperidine rings is 1. The first-order valence-corrected chi connectivity index (χ1v) is 6.68. The van der Waals surface area contributed by atoms with E-state index in [0.29, 0.717) is 12.8 Å². The average Bonchev–Trinajstić information content (AvgIpc) is 2.96. The van der Waals surface area contributed by atoms with Crippen molar-refractivity contribution in [2.24, 2.45) is 5.92 Å². The second kappa shape index (κ2) is 6.02. The van der Waals surface area contributed by atoms with Crippen molar-refractivity contribution in [3.8, 4) is 0 Å². The first-order chi connectivity index (χ1) is 9.95. The van der Waals surface area contributed by atoms with Crippen molar-refractivity contribution in [2.75, 3.05) is 6.61 Å². The Kier molecular flexibility index (Phi) is 4.35. The molecule has 1 heterocycles. The number of carbonyl (C=O) groups excluding carboxylic acids is 1. The van der Waals surface area contributed by atoms with Crippen LogP contribution in [0.5, 0.6) is 0 Å². The summed E-state index contributed by atoms with van der Waals surface area (Å²) < 4.78 is 10.1. The SMILES string of the molecule is CCOC(=O)C=CO[C@@H]1C[C@@H]2C[C@H]1N(C(=O)O)[C@@H]2C(=O)O. The summed E-state index contributed by atoms with van der Waals surface area (Å²) in [4.78, 5) is 34.5. The average molecular weight is 299 g/mol. The maximum absolute atomic E-state index is 11.2. The van der Waals surface area contributed by atoms with E-state index in [1.54, 1.807) is 6.92 Å². The molecule has 1 saturated carbocycles. The normalized spacial score (nSPS) is 30.6. The van der Waals surface area contributed by atoms with Gasteiger partial charge >= 0.3 is 18.0 Å². The Bertz CT molecular complexity index is 475. The van der Waals surface area contributed by atoms with Gasteiger partial charge < -0.3 is 19.7 Å². The predicted octanol–water partition coefficient (Wildman–Crippen LogP) is 0.674. The van der Waals surface area contributed by atoms with Crippen LogP contribution in [0, 0.1) is 5.92 Å². The van der Waals surface area contributed by atoms with Crippen molar-refractivity contribution < 1.29 is 34.1 Å². The number of rotatable bonds is 5. The first-order valence-electron chi connectivity index (χ1n) is 6.68. The number of hydrogen-bond acceptors (Lipinski definition) is 5. The van der Waals surface area contributed by atoms with Crippen LogP contribution in [0.4, 0.5) is 4.79 Å². The van der Waals surface area contributed by atoms with Crippen molar-refractivity contribution in [3.05, 3.63) is 12.3 Å². The second-order valence-electron chi connectivity index (χ2n) is 5.00. The molecule has 1 saturated heterocycles. The Balaban J connectivity index is 1.99. The summed E-state index contributed by atoms with van der Waals surface area (Å²) in [5.74, 6) is -1.94. The fourth-order valence-corrected chi connectivity index (χ4v) is 3.11. The van der Waals surface area contributed by atoms with E-state index in [9.17, 15) is 19.5 Å². The molecule has 2 bridgehead atoms. The second-order valence-corrected chi connectivity index (χ2v) is 5.00. The Morgan fingerprint density at radius 1 is 1.29 bits per heavy atom. The third kappa shape index (κ3) is 2.93. The van der Waals surface area contributed by atoms with Gasteiger partial charge in [-0.25, -0.2) is 14.4 Å². The quantitative estimate of drug-likeness (QED) is 0.436. The zero-order chi connectivity index (χ0) is 15.6. The van der Waals surface area contributed by atoms with Crippen LogP contribution in [-0.2, 0) is 19.1 Å². The number of amides is 1. The maximum atomic E-state index is 11.2. The van der Waals surface area contributed by atoms with E-state index in [2.05, 4.69) is 4.74 Å². The lowest BCUT2D eigenvalue weighted by molar-refractivity contribution is -0.145. The molecule has 0 unspecified atom stereocenters. The molecule has 8 heteroatoms. The lowest BCUT2D eigenvalue weighted by Gasteiger charge is -2.34. The van der Waals surface area contributed by atoms with Gasteiger partial charge in [-0.05, 0) is 25.7 Å². The van der Waals surface area contributed by atoms with Gasteiger partial charge in [0.25, 0.3) is 0 Å². The summed E-state index contributed by atoms with van der Waals surface area (Å²) in [7, 11) is 0. The molecular formula is C13H17NO7. The molecule has 2 fully saturated rings. The van der Waals surface area contributed by atoms with Crippen LogP contribution >= 0.6 is 0 Å². The van der Waals surface area contributed by atoms with E-state index in [-0.39, 0.29) is 12.5 Å². The van der Waals surface area contributed by atoms with Crippen LogP contribution in [0.3, 0.4) is 0 Å². The van der Waals surface area contributed by atoms with Crippen LogP contribution in [0.25, 0.3) is 0 Å². The summed E-state index contributed by atoms with van der Waals surface area (Å²) in [6.45, 7) is 1.93. The Labute approximate surface area is 120 Å². The van der Waals surface area contributed by atoms with Crippen molar-refractivity contribution in [3.63, 3.8) is 0 Å². The molecule has 0 aromatic rings. The highest BCUT2D eigenvalue weighted by atomic mass is 16.5. The highest BCUT2D eigenvalue weighted by Gasteiger charge is 2.57. The zero-order valence-corrected chi connectivity index (χ0v) is 11.5. The monoisotopic (exact) mass is 299 g/mol. The largest absolute Gasteiger partial charge is 0.496 e. The Morgan fingerprint density at radius 3 is 2.57 bits per heavy atom. The van der Waals surface area contributed by atoms with Gasteiger partial charge in [-0.15, -0.1) is 0 Å². The molecule has 0 aromatic heterocycles. The van der Waals surface area contributed by atoms with E-state index in [4.69, 9.17) is 9.84 Å². The van der Waals surface area contributed by atoms with Gasteiger partial charge in [0, 0.05) is 0 Å². The number of carboxylic acids is 1. The molecule has 116 valence electrons. The molecule has 21 heavy (non-hydrogen) atoms. The Morgan fingerprint density at radius 2 is 2.00 bits per heavy atom. The molecule has 1 aliphatic heterocycles. The third-order valence-corrected chi connectivity index (χ3v) is 3.83. The predicted molar refractivity (Wildman–Crippen MR) is 68.4 cm³/mol. The van der Waals surface area contributed by atoms with Gasteiger partial charge in [0.2, 0.25) is 0 Å². The molecule has 1 aliphatic carbocycles. The molecule has 0 aromatic carbocycles. The maximum Gasteiger partial charge on any atom is 0.408 e. The van der Waals surface area contributed by atoms with Crippen molar-refractivity contribution in [2.45, 2.75) is 38.0 Å². The third-order valence-electron chi connectivity index (χ3n) is 3.83. The highest BCUT2D eigenvalue weighted by Crippen LogP contribution is 2.44. The molecular weight excluding hydrogens is 282 g/mol. The fraction of sp³-hybridized carbons (Fsp3) is 0.615. The summed E-state index contributed by atoms with van der Waals surface area (Å²) in [6.07, 6.45) is 1.51.